The largest absolute Gasteiger partial charge is 0.378 e. The second kappa shape index (κ2) is 9.27. The van der Waals surface area contributed by atoms with Gasteiger partial charge in [-0.25, -0.2) is 13.1 Å². The number of nitrogens with two attached hydrogens (primary N) is 1. The molecule has 0 bridgehead atoms. The number of halogens is 1. The van der Waals surface area contributed by atoms with Gasteiger partial charge in [0.15, 0.2) is 5.96 Å². The van der Waals surface area contributed by atoms with Crippen molar-refractivity contribution in [1.82, 2.24) is 14.8 Å². The molecule has 9 nitrogen and oxygen atoms in total. The maximum atomic E-state index is 11.7. The third-order valence-corrected chi connectivity index (χ3v) is 4.19. The highest BCUT2D eigenvalue weighted by Gasteiger charge is 2.14. The van der Waals surface area contributed by atoms with Crippen molar-refractivity contribution in [2.45, 2.75) is 5.75 Å². The lowest BCUT2D eigenvalue weighted by Crippen LogP contribution is -2.45. The zero-order valence-electron chi connectivity index (χ0n) is 12.0. The van der Waals surface area contributed by atoms with Crippen molar-refractivity contribution in [2.24, 2.45) is 10.7 Å². The molecule has 0 unspecified atom stereocenters. The molecule has 11 heteroatoms. The number of guanidine groups is 1. The van der Waals surface area contributed by atoms with Gasteiger partial charge in [-0.1, -0.05) is 5.16 Å². The molecule has 1 fully saturated rings. The van der Waals surface area contributed by atoms with E-state index in [1.165, 1.54) is 12.3 Å². The third kappa shape index (κ3) is 6.46. The normalized spacial score (nSPS) is 16.4. The summed E-state index contributed by atoms with van der Waals surface area (Å²) in [5.41, 5.74) is 6.19. The van der Waals surface area contributed by atoms with Gasteiger partial charge in [-0.3, -0.25) is 4.99 Å². The Morgan fingerprint density at radius 1 is 1.45 bits per heavy atom. The fraction of sp³-hybridized carbons (Fsp3) is 0.636. The van der Waals surface area contributed by atoms with Gasteiger partial charge in [0.1, 0.15) is 12.0 Å². The predicted octanol–water partition coefficient (Wildman–Crippen LogP) is -0.641. The number of ether oxygens (including phenoxy) is 1. The highest BCUT2D eigenvalue weighted by atomic mass is 127. The molecule has 126 valence electrons. The fourth-order valence-electron chi connectivity index (χ4n) is 1.82. The summed E-state index contributed by atoms with van der Waals surface area (Å²) >= 11 is 0. The molecule has 0 saturated carbocycles. The second-order valence-electron chi connectivity index (χ2n) is 4.48. The van der Waals surface area contributed by atoms with Gasteiger partial charge in [-0.2, -0.15) is 0 Å². The molecule has 22 heavy (non-hydrogen) atoms. The van der Waals surface area contributed by atoms with E-state index in [0.29, 0.717) is 38.0 Å². The molecule has 1 aliphatic rings. The maximum Gasteiger partial charge on any atom is 0.217 e. The Kier molecular flexibility index (Phi) is 8.06. The Bertz CT molecular complexity index is 557. The summed E-state index contributed by atoms with van der Waals surface area (Å²) in [5, 5.41) is 3.56. The molecule has 1 aromatic heterocycles. The van der Waals surface area contributed by atoms with Crippen LogP contribution in [0.2, 0.25) is 0 Å². The molecular weight excluding hydrogens is 425 g/mol. The van der Waals surface area contributed by atoms with E-state index in [2.05, 4.69) is 19.4 Å². The van der Waals surface area contributed by atoms with Gasteiger partial charge in [-0.05, 0) is 0 Å². The van der Waals surface area contributed by atoms with Crippen molar-refractivity contribution in [3.63, 3.8) is 0 Å². The molecule has 0 amide bonds. The van der Waals surface area contributed by atoms with Gasteiger partial charge in [0, 0.05) is 25.7 Å². The number of sulfonamides is 1. The quantitative estimate of drug-likeness (QED) is 0.259. The van der Waals surface area contributed by atoms with E-state index < -0.39 is 10.0 Å². The van der Waals surface area contributed by atoms with E-state index in [9.17, 15) is 8.42 Å². The molecule has 2 rings (SSSR count). The lowest BCUT2D eigenvalue weighted by Gasteiger charge is -2.27. The van der Waals surface area contributed by atoms with Crippen molar-refractivity contribution < 1.29 is 17.7 Å². The fourth-order valence-corrected chi connectivity index (χ4v) is 2.86. The van der Waals surface area contributed by atoms with Gasteiger partial charge in [0.2, 0.25) is 10.0 Å². The minimum Gasteiger partial charge on any atom is -0.378 e. The number of nitrogens with one attached hydrogen (secondary N) is 1. The first kappa shape index (κ1) is 19.1. The Hall–Kier alpha value is -0.920. The molecule has 0 spiro atoms. The summed E-state index contributed by atoms with van der Waals surface area (Å²) < 4.78 is 35.7. The van der Waals surface area contributed by atoms with Crippen LogP contribution < -0.4 is 10.5 Å². The smallest absolute Gasteiger partial charge is 0.217 e. The van der Waals surface area contributed by atoms with Crippen LogP contribution in [0.3, 0.4) is 0 Å². The highest BCUT2D eigenvalue weighted by Crippen LogP contribution is 2.00. The number of nitrogens with zero attached hydrogens (tertiary/aromatic N) is 3. The number of hydrogen-bond acceptors (Lipinski definition) is 6. The zero-order chi connectivity index (χ0) is 15.1. The van der Waals surface area contributed by atoms with Crippen LogP contribution in [0.5, 0.6) is 0 Å². The van der Waals surface area contributed by atoms with Crippen LogP contribution in [0, 0.1) is 0 Å². The van der Waals surface area contributed by atoms with Gasteiger partial charge in [0.05, 0.1) is 25.5 Å². The number of aromatic nitrogens is 1. The number of rotatable bonds is 6. The van der Waals surface area contributed by atoms with E-state index in [1.807, 2.05) is 4.90 Å². The summed E-state index contributed by atoms with van der Waals surface area (Å²) in [7, 11) is -3.44. The van der Waals surface area contributed by atoms with Crippen molar-refractivity contribution in [1.29, 1.82) is 0 Å². The van der Waals surface area contributed by atoms with Gasteiger partial charge < -0.3 is 19.9 Å². The standard InChI is InChI=1S/C11H19N5O4S.HI/c12-11(16-4-7-19-8-5-16)13-2-3-14-21(17,18)9-10-1-6-20-15-10;/h1,6,14H,2-5,7-9H2,(H2,12,13);1H. The van der Waals surface area contributed by atoms with Crippen LogP contribution >= 0.6 is 24.0 Å². The van der Waals surface area contributed by atoms with Gasteiger partial charge in [0.25, 0.3) is 0 Å². The van der Waals surface area contributed by atoms with Crippen molar-refractivity contribution in [3.8, 4) is 0 Å². The third-order valence-electron chi connectivity index (χ3n) is 2.87. The first-order valence-corrected chi connectivity index (χ1v) is 8.21. The van der Waals surface area contributed by atoms with Crippen LogP contribution in [0.4, 0.5) is 0 Å². The molecular formula is C11H20IN5O4S. The number of morpholine rings is 1. The SMILES string of the molecule is I.NC(=NCCNS(=O)(=O)Cc1ccon1)N1CCOCC1. The molecule has 0 aliphatic carbocycles. The summed E-state index contributed by atoms with van der Waals surface area (Å²) in [5.74, 6) is 0.195. The maximum absolute atomic E-state index is 11.7. The first-order chi connectivity index (χ1) is 10.1. The number of aliphatic imine (C=N–C) groups is 1. The molecule has 1 aliphatic heterocycles. The summed E-state index contributed by atoms with van der Waals surface area (Å²) in [6.07, 6.45) is 1.33. The topological polar surface area (TPSA) is 123 Å². The first-order valence-electron chi connectivity index (χ1n) is 6.56. The van der Waals surface area contributed by atoms with E-state index in [-0.39, 0.29) is 42.8 Å². The van der Waals surface area contributed by atoms with Crippen LogP contribution in [0.15, 0.2) is 21.8 Å². The summed E-state index contributed by atoms with van der Waals surface area (Å²) in [6.45, 7) is 3.12. The molecule has 2 heterocycles. The monoisotopic (exact) mass is 445 g/mol. The summed E-state index contributed by atoms with van der Waals surface area (Å²) in [6, 6.07) is 1.51. The second-order valence-corrected chi connectivity index (χ2v) is 6.29. The lowest BCUT2D eigenvalue weighted by atomic mass is 10.4. The number of hydrogen-bond donors (Lipinski definition) is 2. The van der Waals surface area contributed by atoms with E-state index in [0.717, 1.165) is 0 Å². The van der Waals surface area contributed by atoms with E-state index in [1.54, 1.807) is 0 Å². The van der Waals surface area contributed by atoms with Crippen molar-refractivity contribution >= 4 is 40.0 Å². The van der Waals surface area contributed by atoms with E-state index in [4.69, 9.17) is 10.5 Å². The molecule has 0 radical (unpaired) electrons. The molecule has 1 saturated heterocycles. The zero-order valence-corrected chi connectivity index (χ0v) is 15.1. The van der Waals surface area contributed by atoms with Crippen LogP contribution in [0.25, 0.3) is 0 Å². The Balaban J connectivity index is 0.00000242. The molecule has 3 N–H and O–H groups in total. The van der Waals surface area contributed by atoms with Crippen molar-refractivity contribution in [2.75, 3.05) is 39.4 Å². The van der Waals surface area contributed by atoms with Crippen LogP contribution in [-0.4, -0.2) is 63.8 Å². The average molecular weight is 445 g/mol. The Morgan fingerprint density at radius 3 is 2.82 bits per heavy atom. The lowest BCUT2D eigenvalue weighted by molar-refractivity contribution is 0.0674. The molecule has 0 aromatic carbocycles. The van der Waals surface area contributed by atoms with Crippen molar-refractivity contribution in [3.05, 3.63) is 18.0 Å². The minimum atomic E-state index is -3.44. The van der Waals surface area contributed by atoms with Crippen LogP contribution in [-0.2, 0) is 20.5 Å². The highest BCUT2D eigenvalue weighted by molar-refractivity contribution is 14.0. The van der Waals surface area contributed by atoms with E-state index >= 15 is 0 Å². The minimum absolute atomic E-state index is 0. The predicted molar refractivity (Wildman–Crippen MR) is 91.4 cm³/mol. The average Bonchev–Trinajstić information content (AvgIpc) is 2.96. The molecule has 1 aromatic rings. The Morgan fingerprint density at radius 2 is 2.18 bits per heavy atom. The van der Waals surface area contributed by atoms with Gasteiger partial charge in [-0.15, -0.1) is 24.0 Å². The summed E-state index contributed by atoms with van der Waals surface area (Å²) in [4.78, 5) is 6.06. The van der Waals surface area contributed by atoms with Gasteiger partial charge >= 0.3 is 0 Å². The Labute approximate surface area is 146 Å². The van der Waals surface area contributed by atoms with Crippen LogP contribution in [0.1, 0.15) is 5.69 Å². The molecule has 0 atom stereocenters.